The summed E-state index contributed by atoms with van der Waals surface area (Å²) in [4.78, 5) is 37.1. The van der Waals surface area contributed by atoms with Crippen LogP contribution in [0.3, 0.4) is 0 Å². The number of carboxylic acids is 1. The van der Waals surface area contributed by atoms with Crippen molar-refractivity contribution in [1.29, 1.82) is 0 Å². The van der Waals surface area contributed by atoms with Gasteiger partial charge in [-0.15, -0.1) is 0 Å². The summed E-state index contributed by atoms with van der Waals surface area (Å²) < 4.78 is 24.1. The van der Waals surface area contributed by atoms with Gasteiger partial charge in [-0.05, 0) is 49.1 Å². The van der Waals surface area contributed by atoms with Crippen LogP contribution in [0.4, 0.5) is 10.5 Å². The summed E-state index contributed by atoms with van der Waals surface area (Å²) in [5, 5.41) is 26.3. The number of carboxylic acid groups (broad SMARTS) is 2. The third kappa shape index (κ3) is 8.88. The number of benzene rings is 2. The van der Waals surface area contributed by atoms with Gasteiger partial charge in [0.05, 0.1) is 5.56 Å². The molecule has 0 aromatic heterocycles. The van der Waals surface area contributed by atoms with E-state index in [1.54, 1.807) is 30.3 Å². The van der Waals surface area contributed by atoms with E-state index in [2.05, 4.69) is 10.0 Å². The Bertz CT molecular complexity index is 1060. The molecule has 6 N–H and O–H groups in total. The Labute approximate surface area is 191 Å². The third-order valence-electron chi connectivity index (χ3n) is 4.73. The minimum atomic E-state index is -3.84. The number of amides is 2. The maximum atomic E-state index is 13.0. The van der Waals surface area contributed by atoms with Crippen LogP contribution in [0.1, 0.15) is 35.2 Å². The van der Waals surface area contributed by atoms with Crippen LogP contribution in [0.2, 0.25) is 0 Å². The number of rotatable bonds is 12. The Kier molecular flexibility index (Phi) is 9.33. The lowest BCUT2D eigenvalue weighted by atomic mass is 10.1. The summed E-state index contributed by atoms with van der Waals surface area (Å²) in [7, 11) is -3.84. The van der Waals surface area contributed by atoms with Crippen molar-refractivity contribution in [1.82, 2.24) is 9.62 Å². The van der Waals surface area contributed by atoms with E-state index < -0.39 is 34.2 Å². The number of anilines is 1. The van der Waals surface area contributed by atoms with Crippen LogP contribution in [0.25, 0.3) is 0 Å². The Morgan fingerprint density at radius 1 is 0.970 bits per heavy atom. The Hall–Kier alpha value is -3.48. The van der Waals surface area contributed by atoms with Gasteiger partial charge >= 0.3 is 12.1 Å². The summed E-state index contributed by atoms with van der Waals surface area (Å²) in [5.74, 6) is -1.70. The number of hydrogen-bond donors (Lipinski definition) is 5. The molecule has 178 valence electrons. The molecule has 0 aliphatic carbocycles. The molecule has 0 spiro atoms. The first-order valence-corrected chi connectivity index (χ1v) is 11.6. The van der Waals surface area contributed by atoms with Crippen LogP contribution in [-0.2, 0) is 21.5 Å². The van der Waals surface area contributed by atoms with Gasteiger partial charge in [-0.1, -0.05) is 30.3 Å². The number of hydrogen-bond acceptors (Lipinski definition) is 5. The predicted molar refractivity (Wildman–Crippen MR) is 121 cm³/mol. The molecule has 2 aromatic carbocycles. The molecule has 2 aromatic rings. The van der Waals surface area contributed by atoms with E-state index in [4.69, 9.17) is 10.2 Å². The standard InChI is InChI=1S/C21H26N4O7S/c22-33(31,32)23-13-5-4-8-18(25(21(29)30)14-15-6-2-1-3-7-15)19(26)24-17-11-9-16(10-12-17)20(27)28/h1-3,6-7,9-12,18,23H,4-5,8,13-14H2,(H,24,26)(H,27,28)(H,29,30)(H2,22,31,32)/t18-/m0/s1. The van der Waals surface area contributed by atoms with Crippen LogP contribution >= 0.6 is 0 Å². The van der Waals surface area contributed by atoms with Crippen LogP contribution in [0.15, 0.2) is 54.6 Å². The lowest BCUT2D eigenvalue weighted by Gasteiger charge is -2.29. The molecule has 0 aliphatic heterocycles. The molecule has 0 fully saturated rings. The van der Waals surface area contributed by atoms with Crippen LogP contribution in [-0.4, -0.2) is 54.1 Å². The second kappa shape index (κ2) is 11.9. The minimum absolute atomic E-state index is 0.0261. The van der Waals surface area contributed by atoms with E-state index in [1.807, 2.05) is 0 Å². The summed E-state index contributed by atoms with van der Waals surface area (Å²) in [5.41, 5.74) is 1.05. The summed E-state index contributed by atoms with van der Waals surface area (Å²) in [6, 6.07) is 13.2. The van der Waals surface area contributed by atoms with Gasteiger partial charge in [-0.3, -0.25) is 9.69 Å². The molecule has 0 bridgehead atoms. The summed E-state index contributed by atoms with van der Waals surface area (Å²) in [6.45, 7) is 0.0250. The second-order valence-corrected chi connectivity index (χ2v) is 8.60. The van der Waals surface area contributed by atoms with Gasteiger partial charge in [0.25, 0.3) is 10.2 Å². The molecule has 1 atom stereocenters. The molecule has 2 rings (SSSR count). The minimum Gasteiger partial charge on any atom is -0.478 e. The molecule has 33 heavy (non-hydrogen) atoms. The quantitative estimate of drug-likeness (QED) is 0.289. The smallest absolute Gasteiger partial charge is 0.408 e. The zero-order valence-corrected chi connectivity index (χ0v) is 18.5. The molecular weight excluding hydrogens is 452 g/mol. The van der Waals surface area contributed by atoms with Crippen molar-refractivity contribution in [2.24, 2.45) is 5.14 Å². The Morgan fingerprint density at radius 2 is 1.61 bits per heavy atom. The Balaban J connectivity index is 2.16. The molecule has 12 heteroatoms. The van der Waals surface area contributed by atoms with Gasteiger partial charge in [0.2, 0.25) is 5.91 Å². The molecular formula is C21H26N4O7S. The van der Waals surface area contributed by atoms with Crippen LogP contribution < -0.4 is 15.2 Å². The average molecular weight is 479 g/mol. The van der Waals surface area contributed by atoms with Gasteiger partial charge in [0.15, 0.2) is 0 Å². The van der Waals surface area contributed by atoms with E-state index in [1.165, 1.54) is 24.3 Å². The van der Waals surface area contributed by atoms with Crippen molar-refractivity contribution in [3.8, 4) is 0 Å². The largest absolute Gasteiger partial charge is 0.478 e. The number of unbranched alkanes of at least 4 members (excludes halogenated alkanes) is 1. The van der Waals surface area contributed by atoms with E-state index in [-0.39, 0.29) is 25.1 Å². The first-order valence-electron chi connectivity index (χ1n) is 10.0. The number of nitrogens with two attached hydrogens (primary N) is 1. The first-order chi connectivity index (χ1) is 15.6. The number of carbonyl (C=O) groups excluding carboxylic acids is 1. The van der Waals surface area contributed by atoms with Gasteiger partial charge in [-0.2, -0.15) is 8.42 Å². The fourth-order valence-electron chi connectivity index (χ4n) is 3.12. The maximum absolute atomic E-state index is 13.0. The average Bonchev–Trinajstić information content (AvgIpc) is 2.75. The van der Waals surface area contributed by atoms with E-state index in [0.717, 1.165) is 4.90 Å². The highest BCUT2D eigenvalue weighted by Gasteiger charge is 2.29. The van der Waals surface area contributed by atoms with E-state index in [0.29, 0.717) is 24.1 Å². The second-order valence-electron chi connectivity index (χ2n) is 7.22. The van der Waals surface area contributed by atoms with E-state index in [9.17, 15) is 27.9 Å². The highest BCUT2D eigenvalue weighted by atomic mass is 32.2. The fourth-order valence-corrected chi connectivity index (χ4v) is 3.55. The molecule has 0 saturated heterocycles. The lowest BCUT2D eigenvalue weighted by molar-refractivity contribution is -0.121. The van der Waals surface area contributed by atoms with Crippen molar-refractivity contribution in [3.63, 3.8) is 0 Å². The third-order valence-corrected chi connectivity index (χ3v) is 5.33. The normalized spacial score (nSPS) is 12.0. The molecule has 0 unspecified atom stereocenters. The van der Waals surface area contributed by atoms with Crippen LogP contribution in [0.5, 0.6) is 0 Å². The van der Waals surface area contributed by atoms with Crippen molar-refractivity contribution >= 4 is 33.9 Å². The zero-order chi connectivity index (χ0) is 24.4. The predicted octanol–water partition coefficient (Wildman–Crippen LogP) is 1.84. The van der Waals surface area contributed by atoms with Gasteiger partial charge < -0.3 is 15.5 Å². The molecule has 0 saturated carbocycles. The van der Waals surface area contributed by atoms with Crippen molar-refractivity contribution in [2.45, 2.75) is 31.8 Å². The van der Waals surface area contributed by atoms with E-state index >= 15 is 0 Å². The molecule has 0 radical (unpaired) electrons. The fraction of sp³-hybridized carbons (Fsp3) is 0.286. The van der Waals surface area contributed by atoms with Crippen molar-refractivity contribution < 1.29 is 33.0 Å². The topological polar surface area (TPSA) is 179 Å². The molecule has 0 heterocycles. The first kappa shape index (κ1) is 25.8. The van der Waals surface area contributed by atoms with Gasteiger partial charge in [0, 0.05) is 18.8 Å². The van der Waals surface area contributed by atoms with Gasteiger partial charge in [0.1, 0.15) is 6.04 Å². The summed E-state index contributed by atoms with van der Waals surface area (Å²) in [6.07, 6.45) is -0.476. The monoisotopic (exact) mass is 478 g/mol. The number of carbonyl (C=O) groups is 3. The highest BCUT2D eigenvalue weighted by Crippen LogP contribution is 2.17. The maximum Gasteiger partial charge on any atom is 0.408 e. The highest BCUT2D eigenvalue weighted by molar-refractivity contribution is 7.87. The molecule has 11 nitrogen and oxygen atoms in total. The number of nitrogens with zero attached hydrogens (tertiary/aromatic N) is 1. The number of nitrogens with one attached hydrogen (secondary N) is 2. The Morgan fingerprint density at radius 3 is 2.15 bits per heavy atom. The van der Waals surface area contributed by atoms with Gasteiger partial charge in [-0.25, -0.2) is 19.5 Å². The SMILES string of the molecule is NS(=O)(=O)NCCCC[C@@H](C(=O)Nc1ccc(C(=O)O)cc1)N(Cc1ccccc1)C(=O)O. The van der Waals surface area contributed by atoms with Crippen molar-refractivity contribution in [3.05, 3.63) is 65.7 Å². The zero-order valence-electron chi connectivity index (χ0n) is 17.7. The van der Waals surface area contributed by atoms with Crippen LogP contribution in [0, 0.1) is 0 Å². The lowest BCUT2D eigenvalue weighted by Crippen LogP contribution is -2.46. The molecule has 2 amide bonds. The number of aromatic carboxylic acids is 1. The summed E-state index contributed by atoms with van der Waals surface area (Å²) >= 11 is 0. The van der Waals surface area contributed by atoms with Crippen molar-refractivity contribution in [2.75, 3.05) is 11.9 Å². The molecule has 0 aliphatic rings.